The molecule has 0 heterocycles. The molecule has 0 spiro atoms. The van der Waals surface area contributed by atoms with Crippen molar-refractivity contribution >= 4 is 33.1 Å². The molecule has 0 aliphatic carbocycles. The minimum Gasteiger partial charge on any atom is -0.508 e. The first kappa shape index (κ1) is 8.49. The molecule has 4 heteroatoms. The van der Waals surface area contributed by atoms with E-state index in [9.17, 15) is 0 Å². The summed E-state index contributed by atoms with van der Waals surface area (Å²) in [7, 11) is 0. The Hall–Kier alpha value is -0.610. The first-order chi connectivity index (χ1) is 5.11. The molecule has 0 atom stereocenters. The summed E-state index contributed by atoms with van der Waals surface area (Å²) >= 11 is 8.00. The van der Waals surface area contributed by atoms with Gasteiger partial charge in [0.15, 0.2) is 0 Å². The molecule has 0 bridgehead atoms. The predicted molar refractivity (Wildman–Crippen MR) is 51.7 cm³/mol. The molecule has 0 unspecified atom stereocenters. The molecule has 1 rings (SSSR count). The van der Waals surface area contributed by atoms with Crippen molar-refractivity contribution in [3.05, 3.63) is 28.2 Å². The summed E-state index contributed by atoms with van der Waals surface area (Å²) in [6.07, 6.45) is 0. The van der Waals surface area contributed by atoms with E-state index in [2.05, 4.69) is 15.9 Å². The third-order valence-electron chi connectivity index (χ3n) is 1.22. The van der Waals surface area contributed by atoms with Gasteiger partial charge in [0.1, 0.15) is 10.7 Å². The summed E-state index contributed by atoms with van der Waals surface area (Å²) in [5, 5.41) is 9.05. The minimum absolute atomic E-state index is 0.163. The zero-order chi connectivity index (χ0) is 8.43. The largest absolute Gasteiger partial charge is 0.508 e. The monoisotopic (exact) mass is 231 g/mol. The van der Waals surface area contributed by atoms with E-state index in [-0.39, 0.29) is 10.7 Å². The molecule has 0 aliphatic heterocycles. The highest BCUT2D eigenvalue weighted by molar-refractivity contribution is 9.10. The fourth-order valence-corrected chi connectivity index (χ4v) is 1.46. The second kappa shape index (κ2) is 3.19. The van der Waals surface area contributed by atoms with E-state index < -0.39 is 0 Å². The van der Waals surface area contributed by atoms with Crippen LogP contribution in [0.25, 0.3) is 0 Å². The average molecular weight is 232 g/mol. The number of thiocarbonyl (C=S) groups is 1. The van der Waals surface area contributed by atoms with Gasteiger partial charge in [-0.2, -0.15) is 0 Å². The lowest BCUT2D eigenvalue weighted by atomic mass is 10.2. The van der Waals surface area contributed by atoms with Crippen molar-refractivity contribution in [2.75, 3.05) is 0 Å². The summed E-state index contributed by atoms with van der Waals surface area (Å²) in [5.41, 5.74) is 6.03. The number of aromatic hydroxyl groups is 1. The molecule has 0 saturated carbocycles. The van der Waals surface area contributed by atoms with Gasteiger partial charge in [-0.15, -0.1) is 0 Å². The molecule has 1 aromatic carbocycles. The van der Waals surface area contributed by atoms with Crippen LogP contribution in [0.3, 0.4) is 0 Å². The van der Waals surface area contributed by atoms with Crippen LogP contribution in [-0.2, 0) is 0 Å². The molecule has 3 N–H and O–H groups in total. The van der Waals surface area contributed by atoms with Crippen LogP contribution in [0.1, 0.15) is 5.56 Å². The third-order valence-corrected chi connectivity index (χ3v) is 2.13. The quantitative estimate of drug-likeness (QED) is 0.725. The van der Waals surface area contributed by atoms with Gasteiger partial charge in [-0.05, 0) is 18.2 Å². The van der Waals surface area contributed by atoms with Gasteiger partial charge >= 0.3 is 0 Å². The number of benzene rings is 1. The smallest absolute Gasteiger partial charge is 0.116 e. The first-order valence-corrected chi connectivity index (χ1v) is 4.09. The van der Waals surface area contributed by atoms with Gasteiger partial charge in [-0.25, -0.2) is 0 Å². The van der Waals surface area contributed by atoms with Gasteiger partial charge in [0.05, 0.1) is 0 Å². The zero-order valence-corrected chi connectivity index (χ0v) is 7.95. The topological polar surface area (TPSA) is 46.2 Å². The van der Waals surface area contributed by atoms with Crippen LogP contribution in [0.5, 0.6) is 5.75 Å². The fraction of sp³-hybridized carbons (Fsp3) is 0. The molecule has 2 nitrogen and oxygen atoms in total. The molecule has 0 fully saturated rings. The van der Waals surface area contributed by atoms with Crippen LogP contribution >= 0.6 is 28.1 Å². The Morgan fingerprint density at radius 3 is 2.64 bits per heavy atom. The second-order valence-electron chi connectivity index (χ2n) is 2.03. The Morgan fingerprint density at radius 1 is 1.55 bits per heavy atom. The molecular weight excluding hydrogens is 226 g/mol. The molecule has 11 heavy (non-hydrogen) atoms. The lowest BCUT2D eigenvalue weighted by Gasteiger charge is -2.01. The number of phenolic OH excluding ortho intramolecular Hbond substituents is 1. The molecule has 0 saturated heterocycles. The van der Waals surface area contributed by atoms with Crippen molar-refractivity contribution in [1.82, 2.24) is 0 Å². The molecule has 0 amide bonds. The van der Waals surface area contributed by atoms with Crippen molar-refractivity contribution in [3.8, 4) is 5.75 Å². The van der Waals surface area contributed by atoms with Crippen molar-refractivity contribution in [3.63, 3.8) is 0 Å². The Morgan fingerprint density at radius 2 is 2.18 bits per heavy atom. The first-order valence-electron chi connectivity index (χ1n) is 2.89. The normalized spacial score (nSPS) is 9.55. The van der Waals surface area contributed by atoms with Crippen LogP contribution in [0, 0.1) is 0 Å². The fourth-order valence-electron chi connectivity index (χ4n) is 0.702. The van der Waals surface area contributed by atoms with Crippen LogP contribution in [0.4, 0.5) is 0 Å². The van der Waals surface area contributed by atoms with Gasteiger partial charge in [-0.3, -0.25) is 0 Å². The van der Waals surface area contributed by atoms with E-state index in [1.807, 2.05) is 0 Å². The number of hydrogen-bond donors (Lipinski definition) is 2. The third kappa shape index (κ3) is 1.91. The van der Waals surface area contributed by atoms with Crippen LogP contribution in [0.15, 0.2) is 22.7 Å². The summed E-state index contributed by atoms with van der Waals surface area (Å²) in [4.78, 5) is 0.271. The average Bonchev–Trinajstić information content (AvgIpc) is 1.94. The molecule has 0 aromatic heterocycles. The summed E-state index contributed by atoms with van der Waals surface area (Å²) in [5.74, 6) is 0.163. The maximum Gasteiger partial charge on any atom is 0.116 e. The summed E-state index contributed by atoms with van der Waals surface area (Å²) in [6.45, 7) is 0. The van der Waals surface area contributed by atoms with E-state index >= 15 is 0 Å². The Labute approximate surface area is 78.2 Å². The van der Waals surface area contributed by atoms with Crippen molar-refractivity contribution < 1.29 is 5.11 Å². The van der Waals surface area contributed by atoms with Crippen molar-refractivity contribution in [1.29, 1.82) is 0 Å². The van der Waals surface area contributed by atoms with Crippen molar-refractivity contribution in [2.24, 2.45) is 5.73 Å². The lowest BCUT2D eigenvalue weighted by Crippen LogP contribution is -2.09. The van der Waals surface area contributed by atoms with E-state index in [0.29, 0.717) is 5.56 Å². The second-order valence-corrected chi connectivity index (χ2v) is 3.32. The highest BCUT2D eigenvalue weighted by Crippen LogP contribution is 2.21. The van der Waals surface area contributed by atoms with Crippen molar-refractivity contribution in [2.45, 2.75) is 0 Å². The summed E-state index contributed by atoms with van der Waals surface area (Å²) < 4.78 is 0.794. The van der Waals surface area contributed by atoms with Gasteiger partial charge in [0.25, 0.3) is 0 Å². The molecule has 0 aliphatic rings. The number of hydrogen-bond acceptors (Lipinski definition) is 2. The van der Waals surface area contributed by atoms with E-state index in [1.165, 1.54) is 6.07 Å². The van der Waals surface area contributed by atoms with Gasteiger partial charge in [0.2, 0.25) is 0 Å². The molecule has 1 aromatic rings. The number of phenols is 1. The Kier molecular flexibility index (Phi) is 2.46. The number of nitrogens with two attached hydrogens (primary N) is 1. The maximum atomic E-state index is 9.05. The predicted octanol–water partition coefficient (Wildman–Crippen LogP) is 1.79. The van der Waals surface area contributed by atoms with E-state index in [1.54, 1.807) is 12.1 Å². The minimum atomic E-state index is 0.163. The standard InChI is InChI=1S/C7H6BrNOS/c8-6-2-1-4(10)3-5(6)7(9)11/h1-3,10H,(H2,9,11). The maximum absolute atomic E-state index is 9.05. The van der Waals surface area contributed by atoms with Gasteiger partial charge < -0.3 is 10.8 Å². The zero-order valence-electron chi connectivity index (χ0n) is 5.54. The molecule has 0 radical (unpaired) electrons. The van der Waals surface area contributed by atoms with Crippen LogP contribution in [0.2, 0.25) is 0 Å². The number of halogens is 1. The Balaban J connectivity index is 3.23. The van der Waals surface area contributed by atoms with E-state index in [4.69, 9.17) is 23.1 Å². The SMILES string of the molecule is NC(=S)c1cc(O)ccc1Br. The van der Waals surface area contributed by atoms with E-state index in [0.717, 1.165) is 4.47 Å². The molecular formula is C7H6BrNOS. The molecule has 58 valence electrons. The van der Waals surface area contributed by atoms with Crippen LogP contribution in [-0.4, -0.2) is 10.1 Å². The highest BCUT2D eigenvalue weighted by atomic mass is 79.9. The Bertz CT molecular complexity index is 300. The highest BCUT2D eigenvalue weighted by Gasteiger charge is 2.02. The lowest BCUT2D eigenvalue weighted by molar-refractivity contribution is 0.475. The van der Waals surface area contributed by atoms with Gasteiger partial charge in [0, 0.05) is 10.0 Å². The number of rotatable bonds is 1. The summed E-state index contributed by atoms with van der Waals surface area (Å²) in [6, 6.07) is 4.78. The van der Waals surface area contributed by atoms with Crippen LogP contribution < -0.4 is 5.73 Å². The van der Waals surface area contributed by atoms with Gasteiger partial charge in [-0.1, -0.05) is 28.1 Å².